The molecule has 1 aromatic rings. The van der Waals surface area contributed by atoms with Crippen LogP contribution in [-0.2, 0) is 38.4 Å². The molecule has 0 unspecified atom stereocenters. The number of hydrogen-bond donors (Lipinski definition) is 8. The van der Waals surface area contributed by atoms with Crippen molar-refractivity contribution in [2.24, 2.45) is 0 Å². The number of nitrogens with zero attached hydrogens (tertiary/aromatic N) is 6. The van der Waals surface area contributed by atoms with Crippen LogP contribution in [0.4, 0.5) is 0 Å². The Morgan fingerprint density at radius 2 is 0.641 bits per heavy atom. The molecule has 0 aromatic heterocycles. The van der Waals surface area contributed by atoms with Gasteiger partial charge in [-0.05, 0) is 25.7 Å². The van der Waals surface area contributed by atoms with Crippen LogP contribution in [0.2, 0.25) is 0 Å². The number of benzene rings is 1. The van der Waals surface area contributed by atoms with Crippen LogP contribution in [0.25, 0.3) is 0 Å². The SMILES string of the molecule is O=C(O)CN1CCN(CC(=O)O)CC(CCCC(=O)c2ccc(C(=O)CCCC3(N(CC(=O)O)CC(=O)O)CN(CC(=O)O)CCN(CC(=O)O)C3)cc2)(N(CC(=O)O)CC(=O)O)C1. The lowest BCUT2D eigenvalue weighted by atomic mass is 9.87. The van der Waals surface area contributed by atoms with Gasteiger partial charge >= 0.3 is 47.8 Å². The summed E-state index contributed by atoms with van der Waals surface area (Å²) in [6.07, 6.45) is -0.251. The molecule has 0 radical (unpaired) electrons. The monoisotopic (exact) mass is 908 g/mol. The third-order valence-electron chi connectivity index (χ3n) is 11.2. The Bertz CT molecular complexity index is 1680. The largest absolute Gasteiger partial charge is 0.480 e. The lowest BCUT2D eigenvalue weighted by Gasteiger charge is -2.45. The van der Waals surface area contributed by atoms with Crippen LogP contribution < -0.4 is 0 Å². The number of aliphatic carboxylic acids is 8. The Hall–Kier alpha value is -5.92. The highest BCUT2D eigenvalue weighted by Crippen LogP contribution is 2.31. The number of carboxylic acid groups (broad SMARTS) is 8. The standard InChI is InChI=1S/C40H56N6O18/c47-29(3-1-9-39(45(19-35(57)58)20-36(59)60)23-41(15-31(49)50)11-12-42(24-39)16-32(51)52)27-5-7-28(8-6-27)30(48)4-2-10-40(46(21-37(61)62)22-38(63)64)25-43(17-33(53)54)13-14-44(26-40)18-34(55)56/h5-8H,1-4,9-26H2,(H,49,50)(H,51,52)(H,53,54)(H,55,56)(H,57,58)(H,59,60)(H,61,62)(H,63,64). The van der Waals surface area contributed by atoms with E-state index >= 15 is 0 Å². The summed E-state index contributed by atoms with van der Waals surface area (Å²) in [5, 5.41) is 77.2. The summed E-state index contributed by atoms with van der Waals surface area (Å²) >= 11 is 0. The topological polar surface area (TPSA) is 352 Å². The minimum atomic E-state index is -1.41. The second-order valence-corrected chi connectivity index (χ2v) is 16.3. The van der Waals surface area contributed by atoms with Gasteiger partial charge in [0.25, 0.3) is 0 Å². The summed E-state index contributed by atoms with van der Waals surface area (Å²) in [4.78, 5) is 130. The van der Waals surface area contributed by atoms with E-state index in [-0.39, 0.29) is 102 Å². The van der Waals surface area contributed by atoms with Crippen molar-refractivity contribution in [3.05, 3.63) is 35.4 Å². The van der Waals surface area contributed by atoms with E-state index < -0.39 is 123 Å². The molecular formula is C40H56N6O18. The zero-order valence-electron chi connectivity index (χ0n) is 35.2. The van der Waals surface area contributed by atoms with Gasteiger partial charge in [-0.1, -0.05) is 24.3 Å². The summed E-state index contributed by atoms with van der Waals surface area (Å²) in [5.74, 6) is -11.2. The van der Waals surface area contributed by atoms with Crippen LogP contribution in [0.1, 0.15) is 59.2 Å². The molecule has 3 rings (SSSR count). The molecule has 0 bridgehead atoms. The minimum Gasteiger partial charge on any atom is -0.480 e. The molecule has 2 heterocycles. The Labute approximate surface area is 366 Å². The first-order valence-electron chi connectivity index (χ1n) is 20.3. The van der Waals surface area contributed by atoms with E-state index in [0.29, 0.717) is 0 Å². The van der Waals surface area contributed by atoms with Crippen LogP contribution in [0, 0.1) is 0 Å². The fourth-order valence-corrected chi connectivity index (χ4v) is 8.71. The number of carboxylic acids is 8. The summed E-state index contributed by atoms with van der Waals surface area (Å²) in [6, 6.07) is 5.62. The molecule has 1 aromatic carbocycles. The quantitative estimate of drug-likeness (QED) is 0.0438. The molecule has 2 aliphatic heterocycles. The second-order valence-electron chi connectivity index (χ2n) is 16.3. The first-order valence-corrected chi connectivity index (χ1v) is 20.3. The van der Waals surface area contributed by atoms with Gasteiger partial charge in [0.05, 0.1) is 52.4 Å². The predicted molar refractivity (Wildman–Crippen MR) is 218 cm³/mol. The van der Waals surface area contributed by atoms with Crippen LogP contribution >= 0.6 is 0 Å². The molecule has 2 aliphatic rings. The fourth-order valence-electron chi connectivity index (χ4n) is 8.71. The van der Waals surface area contributed by atoms with E-state index in [0.717, 1.165) is 9.80 Å². The maximum absolute atomic E-state index is 13.5. The molecule has 64 heavy (non-hydrogen) atoms. The Kier molecular flexibility index (Phi) is 19.8. The maximum Gasteiger partial charge on any atom is 0.317 e. The molecule has 0 amide bonds. The third kappa shape index (κ3) is 17.0. The molecule has 2 fully saturated rings. The zero-order valence-corrected chi connectivity index (χ0v) is 35.2. The van der Waals surface area contributed by atoms with E-state index in [4.69, 9.17) is 0 Å². The molecular weight excluding hydrogens is 852 g/mol. The highest BCUT2D eigenvalue weighted by Gasteiger charge is 2.45. The minimum absolute atomic E-state index is 0.0257. The fraction of sp³-hybridized carbons (Fsp3) is 0.600. The lowest BCUT2D eigenvalue weighted by Crippen LogP contribution is -2.62. The highest BCUT2D eigenvalue weighted by atomic mass is 16.4. The molecule has 0 aliphatic carbocycles. The number of Topliss-reactive ketones (excluding diaryl/α,β-unsaturated/α-hetero) is 2. The van der Waals surface area contributed by atoms with E-state index in [1.54, 1.807) is 0 Å². The lowest BCUT2D eigenvalue weighted by molar-refractivity contribution is -0.148. The second kappa shape index (κ2) is 24.2. The van der Waals surface area contributed by atoms with Gasteiger partial charge in [-0.15, -0.1) is 0 Å². The average molecular weight is 909 g/mol. The van der Waals surface area contributed by atoms with Crippen molar-refractivity contribution >= 4 is 59.3 Å². The molecule has 24 heteroatoms. The van der Waals surface area contributed by atoms with E-state index in [9.17, 15) is 88.8 Å². The van der Waals surface area contributed by atoms with Crippen molar-refractivity contribution in [2.45, 2.75) is 49.6 Å². The summed E-state index contributed by atoms with van der Waals surface area (Å²) in [5.41, 5.74) is -2.45. The van der Waals surface area contributed by atoms with Crippen molar-refractivity contribution in [1.29, 1.82) is 0 Å². The van der Waals surface area contributed by atoms with Gasteiger partial charge in [0.1, 0.15) is 0 Å². The molecule has 2 saturated heterocycles. The van der Waals surface area contributed by atoms with Gasteiger partial charge in [0.15, 0.2) is 11.6 Å². The van der Waals surface area contributed by atoms with E-state index in [1.807, 2.05) is 0 Å². The van der Waals surface area contributed by atoms with Gasteiger partial charge in [-0.25, -0.2) is 0 Å². The number of rotatable bonds is 28. The van der Waals surface area contributed by atoms with Gasteiger partial charge < -0.3 is 40.9 Å². The van der Waals surface area contributed by atoms with Gasteiger partial charge in [0, 0.05) is 87.4 Å². The number of carbonyl (C=O) groups excluding carboxylic acids is 2. The van der Waals surface area contributed by atoms with Crippen molar-refractivity contribution < 1.29 is 88.8 Å². The van der Waals surface area contributed by atoms with Crippen molar-refractivity contribution in [1.82, 2.24) is 29.4 Å². The number of carbonyl (C=O) groups is 10. The van der Waals surface area contributed by atoms with Crippen LogP contribution in [-0.4, -0.2) is 245 Å². The van der Waals surface area contributed by atoms with Crippen molar-refractivity contribution in [2.75, 3.05) is 105 Å². The maximum atomic E-state index is 13.5. The Morgan fingerprint density at radius 1 is 0.406 bits per heavy atom. The highest BCUT2D eigenvalue weighted by molar-refractivity contribution is 5.99. The van der Waals surface area contributed by atoms with E-state index in [1.165, 1.54) is 43.9 Å². The van der Waals surface area contributed by atoms with Crippen molar-refractivity contribution in [3.63, 3.8) is 0 Å². The zero-order chi connectivity index (χ0) is 47.8. The number of hydrogen-bond acceptors (Lipinski definition) is 16. The predicted octanol–water partition coefficient (Wildman–Crippen LogP) is -1.61. The molecule has 8 N–H and O–H groups in total. The first-order chi connectivity index (χ1) is 30.0. The van der Waals surface area contributed by atoms with Crippen molar-refractivity contribution in [3.8, 4) is 0 Å². The van der Waals surface area contributed by atoms with Gasteiger partial charge in [-0.3, -0.25) is 77.3 Å². The third-order valence-corrected chi connectivity index (χ3v) is 11.2. The van der Waals surface area contributed by atoms with Gasteiger partial charge in [-0.2, -0.15) is 0 Å². The Morgan fingerprint density at radius 3 is 0.844 bits per heavy atom. The average Bonchev–Trinajstić information content (AvgIpc) is 3.44. The summed E-state index contributed by atoms with van der Waals surface area (Å²) in [7, 11) is 0. The number of ketones is 2. The Balaban J connectivity index is 1.82. The molecule has 354 valence electrons. The molecule has 0 spiro atoms. The normalized spacial score (nSPS) is 17.3. The van der Waals surface area contributed by atoms with Crippen LogP contribution in [0.15, 0.2) is 24.3 Å². The first kappa shape index (κ1) is 52.4. The smallest absolute Gasteiger partial charge is 0.317 e. The molecule has 0 saturated carbocycles. The van der Waals surface area contributed by atoms with Crippen LogP contribution in [0.5, 0.6) is 0 Å². The van der Waals surface area contributed by atoms with E-state index in [2.05, 4.69) is 0 Å². The van der Waals surface area contributed by atoms with Crippen LogP contribution in [0.3, 0.4) is 0 Å². The summed E-state index contributed by atoms with van der Waals surface area (Å²) in [6.45, 7) is -5.26. The molecule has 24 nitrogen and oxygen atoms in total. The molecule has 0 atom stereocenters. The summed E-state index contributed by atoms with van der Waals surface area (Å²) < 4.78 is 0. The van der Waals surface area contributed by atoms with Gasteiger partial charge in [0.2, 0.25) is 0 Å².